The third kappa shape index (κ3) is 22.4. The van der Waals surface area contributed by atoms with Crippen LogP contribution in [-0.2, 0) is 47.9 Å². The van der Waals surface area contributed by atoms with Crippen molar-refractivity contribution < 1.29 is 77.2 Å². The van der Waals surface area contributed by atoms with Crippen molar-refractivity contribution in [2.24, 2.45) is 5.92 Å². The molecule has 0 saturated carbocycles. The second kappa shape index (κ2) is 26.8. The van der Waals surface area contributed by atoms with Gasteiger partial charge in [0.2, 0.25) is 36.0 Å². The molecule has 6 unspecified atom stereocenters. The van der Waals surface area contributed by atoms with Crippen LogP contribution in [0.1, 0.15) is 85.5 Å². The summed E-state index contributed by atoms with van der Waals surface area (Å²) >= 11 is 1.23. The number of carboxylic acid groups (broad SMARTS) is 4. The van der Waals surface area contributed by atoms with Crippen molar-refractivity contribution in [3.05, 3.63) is 0 Å². The fraction of sp³-hybridized carbons (Fsp3) is 0.706. The summed E-state index contributed by atoms with van der Waals surface area (Å²) in [4.78, 5) is 125. The maximum absolute atomic E-state index is 13.6. The highest BCUT2D eigenvalue weighted by atomic mass is 32.2. The molecule has 0 bridgehead atoms. The number of halogens is 2. The van der Waals surface area contributed by atoms with Gasteiger partial charge in [-0.1, -0.05) is 27.7 Å². The minimum Gasteiger partial charge on any atom is -0.481 e. The van der Waals surface area contributed by atoms with Gasteiger partial charge in [-0.3, -0.25) is 47.9 Å². The van der Waals surface area contributed by atoms with E-state index < -0.39 is 159 Å². The summed E-state index contributed by atoms with van der Waals surface area (Å²) in [5, 5.41) is 51.1. The van der Waals surface area contributed by atoms with Crippen molar-refractivity contribution >= 4 is 71.0 Å². The van der Waals surface area contributed by atoms with Gasteiger partial charge in [-0.25, -0.2) is 8.78 Å². The van der Waals surface area contributed by atoms with E-state index in [0.29, 0.717) is 0 Å². The number of ketones is 1. The van der Waals surface area contributed by atoms with Crippen LogP contribution in [0.25, 0.3) is 0 Å². The first kappa shape index (κ1) is 52.1. The summed E-state index contributed by atoms with van der Waals surface area (Å²) in [6, 6.07) is -10.0. The lowest BCUT2D eigenvalue weighted by atomic mass is 9.98. The van der Waals surface area contributed by atoms with Gasteiger partial charge in [-0.2, -0.15) is 11.8 Å². The molecule has 324 valence electrons. The fourth-order valence-corrected chi connectivity index (χ4v) is 5.58. The number of carbonyl (C=O) groups is 10. The molecule has 0 aromatic carbocycles. The van der Waals surface area contributed by atoms with E-state index in [2.05, 4.69) is 31.9 Å². The van der Waals surface area contributed by atoms with Crippen LogP contribution >= 0.6 is 11.8 Å². The number of hydrogen-bond donors (Lipinski definition) is 10. The lowest BCUT2D eigenvalue weighted by molar-refractivity contribution is -0.141. The Morgan fingerprint density at radius 1 is 0.509 bits per heavy atom. The van der Waals surface area contributed by atoms with E-state index >= 15 is 0 Å². The van der Waals surface area contributed by atoms with Gasteiger partial charge in [-0.15, -0.1) is 0 Å². The van der Waals surface area contributed by atoms with Crippen LogP contribution in [0, 0.1) is 5.92 Å². The van der Waals surface area contributed by atoms with E-state index in [4.69, 9.17) is 0 Å². The van der Waals surface area contributed by atoms with Crippen LogP contribution in [-0.4, -0.2) is 140 Å². The Morgan fingerprint density at radius 2 is 0.842 bits per heavy atom. The molecule has 0 fully saturated rings. The Bertz CT molecular complexity index is 1440. The highest BCUT2D eigenvalue weighted by Gasteiger charge is 2.35. The zero-order valence-electron chi connectivity index (χ0n) is 32.3. The van der Waals surface area contributed by atoms with Crippen molar-refractivity contribution in [3.8, 4) is 0 Å². The molecular weight excluding hydrogens is 786 g/mol. The maximum Gasteiger partial charge on any atom is 0.305 e. The lowest BCUT2D eigenvalue weighted by Gasteiger charge is -2.27. The predicted molar refractivity (Wildman–Crippen MR) is 198 cm³/mol. The molecule has 0 heterocycles. The Hall–Kier alpha value is -4.93. The Balaban J connectivity index is 6.51. The number of carboxylic acids is 4. The zero-order valence-corrected chi connectivity index (χ0v) is 33.1. The Labute approximate surface area is 331 Å². The summed E-state index contributed by atoms with van der Waals surface area (Å²) in [7, 11) is 0. The van der Waals surface area contributed by atoms with E-state index in [-0.39, 0.29) is 18.2 Å². The fourth-order valence-electron chi connectivity index (χ4n) is 5.11. The molecule has 0 aromatic heterocycles. The number of alkyl halides is 2. The smallest absolute Gasteiger partial charge is 0.305 e. The second-order valence-electron chi connectivity index (χ2n) is 13.5. The largest absolute Gasteiger partial charge is 0.481 e. The third-order valence-corrected chi connectivity index (χ3v) is 8.60. The molecule has 0 aromatic rings. The predicted octanol–water partition coefficient (Wildman–Crippen LogP) is -0.520. The van der Waals surface area contributed by atoms with Crippen LogP contribution in [0.3, 0.4) is 0 Å². The number of aliphatic carboxylic acids is 4. The van der Waals surface area contributed by atoms with Gasteiger partial charge in [-0.05, 0) is 37.7 Å². The Kier molecular flexibility index (Phi) is 24.5. The van der Waals surface area contributed by atoms with Crippen molar-refractivity contribution in [1.82, 2.24) is 31.9 Å². The molecular formula is C34H54F2N6O14S. The number of amides is 5. The quantitative estimate of drug-likeness (QED) is 0.0435. The van der Waals surface area contributed by atoms with Gasteiger partial charge in [0.15, 0.2) is 5.78 Å². The van der Waals surface area contributed by atoms with Gasteiger partial charge >= 0.3 is 23.9 Å². The number of Topliss-reactive ketones (excluding diaryl/α,β-unsaturated/α-hetero) is 1. The number of carbonyl (C=O) groups excluding carboxylic acids is 6. The van der Waals surface area contributed by atoms with Gasteiger partial charge in [0, 0.05) is 37.6 Å². The van der Waals surface area contributed by atoms with Gasteiger partial charge < -0.3 is 52.3 Å². The first-order valence-electron chi connectivity index (χ1n) is 17.9. The van der Waals surface area contributed by atoms with Crippen molar-refractivity contribution in [3.63, 3.8) is 0 Å². The first-order valence-corrected chi connectivity index (χ1v) is 19.3. The van der Waals surface area contributed by atoms with Crippen LogP contribution < -0.4 is 31.9 Å². The zero-order chi connectivity index (χ0) is 44.0. The summed E-state index contributed by atoms with van der Waals surface area (Å²) in [5.74, 6) is -12.4. The average Bonchev–Trinajstić information content (AvgIpc) is 3.09. The van der Waals surface area contributed by atoms with E-state index in [1.165, 1.54) is 25.6 Å². The van der Waals surface area contributed by atoms with Gasteiger partial charge in [0.25, 0.3) is 0 Å². The van der Waals surface area contributed by atoms with Crippen molar-refractivity contribution in [2.45, 2.75) is 134 Å². The number of rotatable bonds is 30. The monoisotopic (exact) mass is 840 g/mol. The molecule has 5 amide bonds. The molecule has 10 N–H and O–H groups in total. The molecule has 57 heavy (non-hydrogen) atoms. The van der Waals surface area contributed by atoms with E-state index in [1.54, 1.807) is 20.1 Å². The standard InChI is InChI=1S/C34H54F2N6O14S/c1-16(2)29(51)22(14-24(35)36)42-32(54)20(8-11-27(47)48)38-30(52)18(6-9-25(43)44)39-33(55)21(12-13-57-5)41-31(53)19(7-10-26(45)46)40-34(56)23(15-28(49)50)37-17(3)4/h16-24,37H,6-15H2,1-5H3,(H,38,52)(H,39,55)(H,40,56)(H,41,53)(H,42,54)(H,43,44)(H,45,46)(H,47,48)(H,49,50). The summed E-state index contributed by atoms with van der Waals surface area (Å²) in [6.07, 6.45) is -7.06. The van der Waals surface area contributed by atoms with Crippen LogP contribution in [0.4, 0.5) is 8.78 Å². The molecule has 23 heteroatoms. The second-order valence-corrected chi connectivity index (χ2v) is 14.5. The van der Waals surface area contributed by atoms with E-state index in [9.17, 15) is 77.2 Å². The average molecular weight is 841 g/mol. The summed E-state index contributed by atoms with van der Waals surface area (Å²) < 4.78 is 26.6. The minimum atomic E-state index is -3.03. The SMILES string of the molecule is CSCCC(NC(=O)C(CCC(=O)O)NC(=O)C(CC(=O)O)NC(C)C)C(=O)NC(CCC(=O)O)C(=O)NC(CCC(=O)O)C(=O)NC(CC(F)F)C(=O)C(C)C. The van der Waals surface area contributed by atoms with E-state index in [1.807, 2.05) is 0 Å². The molecule has 20 nitrogen and oxygen atoms in total. The molecule has 6 atom stereocenters. The highest BCUT2D eigenvalue weighted by molar-refractivity contribution is 7.98. The number of hydrogen-bond acceptors (Lipinski definition) is 12. The molecule has 0 aliphatic carbocycles. The first-order chi connectivity index (χ1) is 26.5. The molecule has 0 aliphatic heterocycles. The van der Waals surface area contributed by atoms with E-state index in [0.717, 1.165) is 0 Å². The third-order valence-electron chi connectivity index (χ3n) is 7.96. The van der Waals surface area contributed by atoms with Gasteiger partial charge in [0.05, 0.1) is 18.5 Å². The summed E-state index contributed by atoms with van der Waals surface area (Å²) in [6.45, 7) is 6.06. The molecule has 0 spiro atoms. The van der Waals surface area contributed by atoms with Crippen LogP contribution in [0.5, 0.6) is 0 Å². The topological polar surface area (TPSA) is 324 Å². The van der Waals surface area contributed by atoms with Crippen LogP contribution in [0.15, 0.2) is 0 Å². The maximum atomic E-state index is 13.6. The van der Waals surface area contributed by atoms with Crippen molar-refractivity contribution in [1.29, 1.82) is 0 Å². The van der Waals surface area contributed by atoms with Crippen LogP contribution in [0.2, 0.25) is 0 Å². The Morgan fingerprint density at radius 3 is 1.12 bits per heavy atom. The molecule has 0 aliphatic rings. The molecule has 0 rings (SSSR count). The minimum absolute atomic E-state index is 0.124. The van der Waals surface area contributed by atoms with Gasteiger partial charge in [0.1, 0.15) is 24.2 Å². The summed E-state index contributed by atoms with van der Waals surface area (Å²) in [5.41, 5.74) is 0. The number of thioether (sulfide) groups is 1. The number of nitrogens with one attached hydrogen (secondary N) is 6. The highest BCUT2D eigenvalue weighted by Crippen LogP contribution is 2.12. The molecule has 0 saturated heterocycles. The van der Waals surface area contributed by atoms with Crippen molar-refractivity contribution in [2.75, 3.05) is 12.0 Å². The molecule has 0 radical (unpaired) electrons. The lowest BCUT2D eigenvalue weighted by Crippen LogP contribution is -2.59. The normalized spacial score (nSPS) is 14.4.